The van der Waals surface area contributed by atoms with Gasteiger partial charge < -0.3 is 5.11 Å². The van der Waals surface area contributed by atoms with E-state index in [0.29, 0.717) is 12.0 Å². The summed E-state index contributed by atoms with van der Waals surface area (Å²) in [6.07, 6.45) is 2.25. The van der Waals surface area contributed by atoms with E-state index in [2.05, 4.69) is 11.8 Å². The average molecular weight is 333 g/mol. The van der Waals surface area contributed by atoms with Gasteiger partial charge in [0.2, 0.25) is 0 Å². The van der Waals surface area contributed by atoms with E-state index in [1.165, 1.54) is 24.3 Å². The normalized spacial score (nSPS) is 19.2. The molecule has 4 heteroatoms. The minimum atomic E-state index is -0.187. The molecule has 0 radical (unpaired) electrons. The number of hydrogen-bond donors (Lipinski definition) is 1. The quantitative estimate of drug-likeness (QED) is 0.899. The molecule has 2 nitrogen and oxygen atoms in total. The molecule has 0 bridgehead atoms. The van der Waals surface area contributed by atoms with Gasteiger partial charge in [0.25, 0.3) is 0 Å². The summed E-state index contributed by atoms with van der Waals surface area (Å²) in [5.41, 5.74) is 1.14. The maximum atomic E-state index is 12.9. The molecule has 2 unspecified atom stereocenters. The van der Waals surface area contributed by atoms with Gasteiger partial charge in [-0.3, -0.25) is 4.90 Å². The second-order valence-electron chi connectivity index (χ2n) is 6.21. The summed E-state index contributed by atoms with van der Waals surface area (Å²) < 4.78 is 24.8. The van der Waals surface area contributed by atoms with Crippen LogP contribution in [0.25, 0.3) is 0 Å². The molecule has 3 rings (SSSR count). The van der Waals surface area contributed by atoms with Crippen LogP contribution in [0.15, 0.2) is 54.6 Å². The molecule has 0 amide bonds. The standard InChI is InChI=1S/C14H20FNO.C6H5F/c1-11(13-4-6-14(15)7-5-13)16-8-2-3-12(9-16)10-17;7-6-4-2-1-3-5-6/h4-7,11-12,17H,2-3,8-10H2,1H3;1-5H. The first-order valence-corrected chi connectivity index (χ1v) is 8.41. The van der Waals surface area contributed by atoms with Crippen molar-refractivity contribution in [2.75, 3.05) is 19.7 Å². The molecule has 1 saturated heterocycles. The van der Waals surface area contributed by atoms with Gasteiger partial charge in [-0.25, -0.2) is 8.78 Å². The zero-order valence-corrected chi connectivity index (χ0v) is 14.0. The van der Waals surface area contributed by atoms with E-state index in [4.69, 9.17) is 0 Å². The summed E-state index contributed by atoms with van der Waals surface area (Å²) in [6, 6.07) is 15.0. The summed E-state index contributed by atoms with van der Waals surface area (Å²) in [6.45, 7) is 4.42. The molecular weight excluding hydrogens is 308 g/mol. The van der Waals surface area contributed by atoms with Gasteiger partial charge in [0.1, 0.15) is 11.6 Å². The third kappa shape index (κ3) is 5.69. The third-order valence-electron chi connectivity index (χ3n) is 4.44. The fourth-order valence-electron chi connectivity index (χ4n) is 2.96. The van der Waals surface area contributed by atoms with Gasteiger partial charge >= 0.3 is 0 Å². The minimum Gasteiger partial charge on any atom is -0.396 e. The van der Waals surface area contributed by atoms with Gasteiger partial charge in [-0.2, -0.15) is 0 Å². The maximum absolute atomic E-state index is 12.9. The SMILES string of the molecule is CC(c1ccc(F)cc1)N1CCCC(CO)C1.Fc1ccccc1. The molecule has 0 aliphatic carbocycles. The summed E-state index contributed by atoms with van der Waals surface area (Å²) in [5, 5.41) is 9.22. The average Bonchev–Trinajstić information content (AvgIpc) is 2.63. The van der Waals surface area contributed by atoms with E-state index in [0.717, 1.165) is 31.5 Å². The van der Waals surface area contributed by atoms with Crippen molar-refractivity contribution in [3.63, 3.8) is 0 Å². The van der Waals surface area contributed by atoms with Crippen molar-refractivity contribution in [1.82, 2.24) is 4.90 Å². The second kappa shape index (κ2) is 9.50. The summed E-state index contributed by atoms with van der Waals surface area (Å²) in [7, 11) is 0. The largest absolute Gasteiger partial charge is 0.396 e. The molecule has 2 atom stereocenters. The lowest BCUT2D eigenvalue weighted by Gasteiger charge is -2.36. The predicted molar refractivity (Wildman–Crippen MR) is 92.6 cm³/mol. The van der Waals surface area contributed by atoms with Crippen LogP contribution >= 0.6 is 0 Å². The zero-order chi connectivity index (χ0) is 17.4. The number of halogens is 2. The van der Waals surface area contributed by atoms with E-state index < -0.39 is 0 Å². The summed E-state index contributed by atoms with van der Waals surface area (Å²) in [4.78, 5) is 2.37. The fourth-order valence-corrected chi connectivity index (χ4v) is 2.96. The van der Waals surface area contributed by atoms with Crippen LogP contribution in [0.1, 0.15) is 31.4 Å². The molecule has 2 aromatic rings. The molecule has 2 aromatic carbocycles. The smallest absolute Gasteiger partial charge is 0.123 e. The van der Waals surface area contributed by atoms with E-state index in [1.807, 2.05) is 12.1 Å². The zero-order valence-electron chi connectivity index (χ0n) is 14.0. The van der Waals surface area contributed by atoms with Crippen LogP contribution in [0.2, 0.25) is 0 Å². The topological polar surface area (TPSA) is 23.5 Å². The molecule has 1 aliphatic heterocycles. The van der Waals surface area contributed by atoms with Gasteiger partial charge in [-0.05, 0) is 62.1 Å². The summed E-state index contributed by atoms with van der Waals surface area (Å²) >= 11 is 0. The number of aliphatic hydroxyl groups excluding tert-OH is 1. The van der Waals surface area contributed by atoms with Gasteiger partial charge in [0, 0.05) is 19.2 Å². The van der Waals surface area contributed by atoms with Crippen LogP contribution in [-0.2, 0) is 0 Å². The van der Waals surface area contributed by atoms with Gasteiger partial charge in [-0.1, -0.05) is 30.3 Å². The number of aliphatic hydroxyl groups is 1. The van der Waals surface area contributed by atoms with Crippen LogP contribution in [-0.4, -0.2) is 29.7 Å². The Morgan fingerprint density at radius 1 is 1.04 bits per heavy atom. The molecule has 1 N–H and O–H groups in total. The predicted octanol–water partition coefficient (Wildman–Crippen LogP) is 4.42. The van der Waals surface area contributed by atoms with E-state index >= 15 is 0 Å². The second-order valence-corrected chi connectivity index (χ2v) is 6.21. The lowest BCUT2D eigenvalue weighted by Crippen LogP contribution is -2.38. The molecule has 0 aromatic heterocycles. The Balaban J connectivity index is 0.000000249. The van der Waals surface area contributed by atoms with E-state index in [-0.39, 0.29) is 18.2 Å². The molecule has 0 saturated carbocycles. The fraction of sp³-hybridized carbons (Fsp3) is 0.400. The number of hydrogen-bond acceptors (Lipinski definition) is 2. The molecule has 0 spiro atoms. The first-order valence-electron chi connectivity index (χ1n) is 8.41. The Kier molecular flexibility index (Phi) is 7.35. The number of benzene rings is 2. The maximum Gasteiger partial charge on any atom is 0.123 e. The van der Waals surface area contributed by atoms with Crippen molar-refractivity contribution in [2.24, 2.45) is 5.92 Å². The lowest BCUT2D eigenvalue weighted by molar-refractivity contribution is 0.0935. The molecule has 130 valence electrons. The van der Waals surface area contributed by atoms with Crippen LogP contribution in [0, 0.1) is 17.6 Å². The highest BCUT2D eigenvalue weighted by atomic mass is 19.1. The Bertz CT molecular complexity index is 588. The van der Waals surface area contributed by atoms with Crippen molar-refractivity contribution in [3.8, 4) is 0 Å². The number of piperidine rings is 1. The van der Waals surface area contributed by atoms with Crippen molar-refractivity contribution >= 4 is 0 Å². The lowest BCUT2D eigenvalue weighted by atomic mass is 9.96. The highest BCUT2D eigenvalue weighted by Crippen LogP contribution is 2.26. The molecule has 24 heavy (non-hydrogen) atoms. The van der Waals surface area contributed by atoms with E-state index in [9.17, 15) is 13.9 Å². The Morgan fingerprint density at radius 3 is 2.21 bits per heavy atom. The molecule has 1 heterocycles. The highest BCUT2D eigenvalue weighted by molar-refractivity contribution is 5.19. The third-order valence-corrected chi connectivity index (χ3v) is 4.44. The molecule has 1 aliphatic rings. The number of nitrogens with zero attached hydrogens (tertiary/aromatic N) is 1. The van der Waals surface area contributed by atoms with E-state index in [1.54, 1.807) is 18.2 Å². The van der Waals surface area contributed by atoms with Gasteiger partial charge in [0.05, 0.1) is 0 Å². The number of likely N-dealkylation sites (tertiary alicyclic amines) is 1. The molecular formula is C20H25F2NO. The Morgan fingerprint density at radius 2 is 1.67 bits per heavy atom. The van der Waals surface area contributed by atoms with Gasteiger partial charge in [-0.15, -0.1) is 0 Å². The van der Waals surface area contributed by atoms with Crippen molar-refractivity contribution in [3.05, 3.63) is 71.8 Å². The first kappa shape index (κ1) is 18.6. The van der Waals surface area contributed by atoms with Gasteiger partial charge in [0.15, 0.2) is 0 Å². The van der Waals surface area contributed by atoms with Crippen LogP contribution < -0.4 is 0 Å². The minimum absolute atomic E-state index is 0.178. The monoisotopic (exact) mass is 333 g/mol. The van der Waals surface area contributed by atoms with Crippen molar-refractivity contribution in [2.45, 2.75) is 25.8 Å². The number of rotatable bonds is 3. The first-order chi connectivity index (χ1) is 11.6. The highest BCUT2D eigenvalue weighted by Gasteiger charge is 2.23. The summed E-state index contributed by atoms with van der Waals surface area (Å²) in [5.74, 6) is 0.0296. The van der Waals surface area contributed by atoms with Crippen LogP contribution in [0.3, 0.4) is 0 Å². The van der Waals surface area contributed by atoms with Crippen molar-refractivity contribution in [1.29, 1.82) is 0 Å². The Hall–Kier alpha value is -1.78. The van der Waals surface area contributed by atoms with Crippen LogP contribution in [0.4, 0.5) is 8.78 Å². The molecule has 1 fully saturated rings. The Labute approximate surface area is 142 Å². The van der Waals surface area contributed by atoms with Crippen LogP contribution in [0.5, 0.6) is 0 Å². The van der Waals surface area contributed by atoms with Crippen molar-refractivity contribution < 1.29 is 13.9 Å².